The molecule has 2 aromatic carbocycles. The van der Waals surface area contributed by atoms with Crippen LogP contribution in [0.2, 0.25) is 0 Å². The van der Waals surface area contributed by atoms with Crippen LogP contribution in [0, 0.1) is 12.8 Å². The summed E-state index contributed by atoms with van der Waals surface area (Å²) in [6.07, 6.45) is 0.722. The molecule has 0 aliphatic carbocycles. The first-order chi connectivity index (χ1) is 12.8. The zero-order valence-corrected chi connectivity index (χ0v) is 18.9. The average molecular weight is 450 g/mol. The van der Waals surface area contributed by atoms with Crippen LogP contribution in [-0.4, -0.2) is 33.9 Å². The normalized spacial score (nSPS) is 13.2. The lowest BCUT2D eigenvalue weighted by atomic mass is 9.97. The van der Waals surface area contributed by atoms with Crippen molar-refractivity contribution in [3.8, 4) is 0 Å². The lowest BCUT2D eigenvalue weighted by Gasteiger charge is -2.21. The topological polar surface area (TPSA) is 37.4 Å². The molecule has 0 aliphatic rings. The first-order valence-corrected chi connectivity index (χ1v) is 11.5. The largest absolute Gasteiger partial charge is 0.339 e. The summed E-state index contributed by atoms with van der Waals surface area (Å²) in [4.78, 5) is 15.5. The number of rotatable bonds is 8. The van der Waals surface area contributed by atoms with E-state index in [-0.39, 0.29) is 11.8 Å². The number of benzene rings is 2. The van der Waals surface area contributed by atoms with E-state index in [1.54, 1.807) is 0 Å². The Labute approximate surface area is 173 Å². The van der Waals surface area contributed by atoms with Gasteiger partial charge in [0.25, 0.3) is 5.91 Å². The third-order valence-electron chi connectivity index (χ3n) is 4.64. The molecular formula is C22H28BrNO2S. The van der Waals surface area contributed by atoms with E-state index in [0.717, 1.165) is 32.5 Å². The second kappa shape index (κ2) is 10.2. The summed E-state index contributed by atoms with van der Waals surface area (Å²) in [6, 6.07) is 13.7. The van der Waals surface area contributed by atoms with Crippen LogP contribution in [0.1, 0.15) is 42.3 Å². The number of hydrogen-bond acceptors (Lipinski definition) is 2. The van der Waals surface area contributed by atoms with Gasteiger partial charge in [0, 0.05) is 33.8 Å². The highest BCUT2D eigenvalue weighted by Crippen LogP contribution is 2.22. The van der Waals surface area contributed by atoms with Crippen LogP contribution in [0.25, 0.3) is 0 Å². The maximum Gasteiger partial charge on any atom is 0.254 e. The molecule has 0 fully saturated rings. The van der Waals surface area contributed by atoms with Crippen molar-refractivity contribution in [2.24, 2.45) is 5.92 Å². The van der Waals surface area contributed by atoms with Gasteiger partial charge in [0.05, 0.1) is 10.8 Å². The number of carbonyl (C=O) groups is 1. The SMILES string of the molecule is CCN(CC)C(=O)c1ccc(Br)cc1CC(C)CS(=O)c1ccc(C)cc1. The lowest BCUT2D eigenvalue weighted by molar-refractivity contribution is 0.0771. The number of hydrogen-bond donors (Lipinski definition) is 0. The van der Waals surface area contributed by atoms with Gasteiger partial charge in [-0.1, -0.05) is 40.5 Å². The summed E-state index contributed by atoms with van der Waals surface area (Å²) in [7, 11) is -1.04. The first kappa shape index (κ1) is 21.8. The molecule has 2 atom stereocenters. The van der Waals surface area contributed by atoms with Crippen molar-refractivity contribution in [2.75, 3.05) is 18.8 Å². The molecule has 0 saturated heterocycles. The molecule has 0 heterocycles. The van der Waals surface area contributed by atoms with E-state index >= 15 is 0 Å². The minimum atomic E-state index is -1.04. The first-order valence-electron chi connectivity index (χ1n) is 9.38. The summed E-state index contributed by atoms with van der Waals surface area (Å²) < 4.78 is 13.6. The van der Waals surface area contributed by atoms with Gasteiger partial charge in [-0.15, -0.1) is 0 Å². The molecule has 0 saturated carbocycles. The van der Waals surface area contributed by atoms with Crippen LogP contribution in [0.5, 0.6) is 0 Å². The smallest absolute Gasteiger partial charge is 0.254 e. The fourth-order valence-electron chi connectivity index (χ4n) is 3.10. The Morgan fingerprint density at radius 3 is 2.33 bits per heavy atom. The summed E-state index contributed by atoms with van der Waals surface area (Å²) in [5.74, 6) is 0.841. The Hall–Kier alpha value is -1.46. The van der Waals surface area contributed by atoms with Gasteiger partial charge in [-0.05, 0) is 69.0 Å². The molecule has 5 heteroatoms. The highest BCUT2D eigenvalue weighted by molar-refractivity contribution is 9.10. The Morgan fingerprint density at radius 2 is 1.74 bits per heavy atom. The summed E-state index contributed by atoms with van der Waals surface area (Å²) in [5, 5.41) is 0. The van der Waals surface area contributed by atoms with Gasteiger partial charge in [-0.3, -0.25) is 9.00 Å². The molecule has 1 amide bonds. The molecule has 2 rings (SSSR count). The van der Waals surface area contributed by atoms with Crippen molar-refractivity contribution in [1.82, 2.24) is 4.90 Å². The maximum atomic E-state index is 12.8. The second-order valence-electron chi connectivity index (χ2n) is 6.91. The van der Waals surface area contributed by atoms with Crippen LogP contribution in [0.3, 0.4) is 0 Å². The number of halogens is 1. The van der Waals surface area contributed by atoms with Crippen molar-refractivity contribution in [3.05, 3.63) is 63.6 Å². The monoisotopic (exact) mass is 449 g/mol. The molecule has 0 aromatic heterocycles. The highest BCUT2D eigenvalue weighted by atomic mass is 79.9. The lowest BCUT2D eigenvalue weighted by Crippen LogP contribution is -2.31. The molecular weight excluding hydrogens is 422 g/mol. The van der Waals surface area contributed by atoms with Gasteiger partial charge in [0.1, 0.15) is 0 Å². The Morgan fingerprint density at radius 1 is 1.11 bits per heavy atom. The zero-order chi connectivity index (χ0) is 20.0. The van der Waals surface area contributed by atoms with E-state index in [2.05, 4.69) is 22.9 Å². The van der Waals surface area contributed by atoms with Gasteiger partial charge >= 0.3 is 0 Å². The van der Waals surface area contributed by atoms with Crippen LogP contribution >= 0.6 is 15.9 Å². The fourth-order valence-corrected chi connectivity index (χ4v) is 4.78. The van der Waals surface area contributed by atoms with E-state index in [0.29, 0.717) is 18.8 Å². The van der Waals surface area contributed by atoms with Gasteiger partial charge in [-0.2, -0.15) is 0 Å². The van der Waals surface area contributed by atoms with Crippen LogP contribution in [-0.2, 0) is 17.2 Å². The third-order valence-corrected chi connectivity index (χ3v) is 6.80. The predicted molar refractivity (Wildman–Crippen MR) is 117 cm³/mol. The van der Waals surface area contributed by atoms with Crippen molar-refractivity contribution < 1.29 is 9.00 Å². The quantitative estimate of drug-likeness (QED) is 0.553. The zero-order valence-electron chi connectivity index (χ0n) is 16.5. The van der Waals surface area contributed by atoms with Gasteiger partial charge in [0.15, 0.2) is 0 Å². The average Bonchev–Trinajstić information content (AvgIpc) is 2.63. The summed E-state index contributed by atoms with van der Waals surface area (Å²) >= 11 is 3.52. The second-order valence-corrected chi connectivity index (χ2v) is 9.32. The van der Waals surface area contributed by atoms with E-state index in [1.807, 2.05) is 68.1 Å². The minimum Gasteiger partial charge on any atom is -0.339 e. The molecule has 0 bridgehead atoms. The molecule has 0 radical (unpaired) electrons. The number of nitrogens with zero attached hydrogens (tertiary/aromatic N) is 1. The van der Waals surface area contributed by atoms with Crippen molar-refractivity contribution >= 4 is 32.6 Å². The minimum absolute atomic E-state index is 0.0642. The van der Waals surface area contributed by atoms with E-state index in [9.17, 15) is 9.00 Å². The van der Waals surface area contributed by atoms with E-state index in [1.165, 1.54) is 0 Å². The van der Waals surface area contributed by atoms with Crippen molar-refractivity contribution in [2.45, 2.75) is 39.0 Å². The molecule has 0 N–H and O–H groups in total. The fraction of sp³-hybridized carbons (Fsp3) is 0.409. The molecule has 0 spiro atoms. The molecule has 0 aliphatic heterocycles. The number of aryl methyl sites for hydroxylation is 1. The molecule has 146 valence electrons. The summed E-state index contributed by atoms with van der Waals surface area (Å²) in [5.41, 5.74) is 2.92. The van der Waals surface area contributed by atoms with Crippen LogP contribution in [0.4, 0.5) is 0 Å². The van der Waals surface area contributed by atoms with Gasteiger partial charge < -0.3 is 4.90 Å². The Balaban J connectivity index is 2.15. The maximum absolute atomic E-state index is 12.8. The molecule has 3 nitrogen and oxygen atoms in total. The van der Waals surface area contributed by atoms with Crippen molar-refractivity contribution in [1.29, 1.82) is 0 Å². The number of amides is 1. The van der Waals surface area contributed by atoms with Gasteiger partial charge in [0.2, 0.25) is 0 Å². The van der Waals surface area contributed by atoms with Crippen LogP contribution < -0.4 is 0 Å². The number of carbonyl (C=O) groups excluding carboxylic acids is 1. The standard InChI is InChI=1S/C22H28BrNO2S/c1-5-24(6-2)22(25)21-12-9-19(23)14-18(21)13-17(4)15-27(26)20-10-7-16(3)8-11-20/h7-12,14,17H,5-6,13,15H2,1-4H3. The predicted octanol–water partition coefficient (Wildman–Crippen LogP) is 5.23. The third kappa shape index (κ3) is 6.01. The van der Waals surface area contributed by atoms with Crippen LogP contribution in [0.15, 0.2) is 51.8 Å². The van der Waals surface area contributed by atoms with E-state index in [4.69, 9.17) is 0 Å². The van der Waals surface area contributed by atoms with Gasteiger partial charge in [-0.25, -0.2) is 0 Å². The Kier molecular flexibility index (Phi) is 8.24. The highest BCUT2D eigenvalue weighted by Gasteiger charge is 2.19. The Bertz CT molecular complexity index is 800. The molecule has 2 unspecified atom stereocenters. The van der Waals surface area contributed by atoms with Crippen molar-refractivity contribution in [3.63, 3.8) is 0 Å². The van der Waals surface area contributed by atoms with E-state index < -0.39 is 10.8 Å². The molecule has 2 aromatic rings. The summed E-state index contributed by atoms with van der Waals surface area (Å²) in [6.45, 7) is 9.49. The molecule has 27 heavy (non-hydrogen) atoms.